The van der Waals surface area contributed by atoms with Crippen molar-refractivity contribution in [1.29, 1.82) is 0 Å². The van der Waals surface area contributed by atoms with Gasteiger partial charge in [0, 0.05) is 25.8 Å². The van der Waals surface area contributed by atoms with Crippen molar-refractivity contribution in [3.63, 3.8) is 0 Å². The van der Waals surface area contributed by atoms with E-state index in [9.17, 15) is 0 Å². The maximum Gasteiger partial charge on any atom is 0.0967 e. The van der Waals surface area contributed by atoms with Crippen molar-refractivity contribution < 1.29 is 0 Å². The highest BCUT2D eigenvalue weighted by Crippen LogP contribution is 2.04. The normalized spacial score (nSPS) is 11.6. The van der Waals surface area contributed by atoms with Gasteiger partial charge in [-0.25, -0.2) is 0 Å². The summed E-state index contributed by atoms with van der Waals surface area (Å²) in [6.07, 6.45) is 1.98. The standard InChI is InChI=1S/C11H23N5/c1-4-15(7-10(2)3)8-11-9-16(6-5-12)14-13-11/h9-10H,4-8,12H2,1-3H3. The fourth-order valence-electron chi connectivity index (χ4n) is 1.70. The smallest absolute Gasteiger partial charge is 0.0967 e. The number of aromatic nitrogens is 3. The molecule has 0 bridgehead atoms. The Kier molecular flexibility index (Phi) is 5.42. The molecular weight excluding hydrogens is 202 g/mol. The van der Waals surface area contributed by atoms with Crippen molar-refractivity contribution >= 4 is 0 Å². The summed E-state index contributed by atoms with van der Waals surface area (Å²) in [5, 5.41) is 8.18. The molecule has 0 amide bonds. The maximum atomic E-state index is 5.46. The fraction of sp³-hybridized carbons (Fsp3) is 0.818. The molecule has 1 heterocycles. The van der Waals surface area contributed by atoms with Crippen molar-refractivity contribution in [3.8, 4) is 0 Å². The molecule has 0 aliphatic rings. The van der Waals surface area contributed by atoms with E-state index >= 15 is 0 Å². The summed E-state index contributed by atoms with van der Waals surface area (Å²) in [7, 11) is 0. The van der Waals surface area contributed by atoms with E-state index in [1.54, 1.807) is 4.68 Å². The molecule has 0 atom stereocenters. The van der Waals surface area contributed by atoms with E-state index in [2.05, 4.69) is 36.0 Å². The zero-order chi connectivity index (χ0) is 12.0. The van der Waals surface area contributed by atoms with E-state index in [0.29, 0.717) is 12.5 Å². The van der Waals surface area contributed by atoms with Crippen LogP contribution in [0.1, 0.15) is 26.5 Å². The lowest BCUT2D eigenvalue weighted by atomic mass is 10.2. The van der Waals surface area contributed by atoms with Gasteiger partial charge in [-0.2, -0.15) is 0 Å². The third-order valence-corrected chi connectivity index (χ3v) is 2.40. The van der Waals surface area contributed by atoms with Gasteiger partial charge in [-0.05, 0) is 12.5 Å². The Morgan fingerprint density at radius 2 is 2.25 bits per heavy atom. The minimum atomic E-state index is 0.603. The molecule has 1 rings (SSSR count). The second-order valence-corrected chi connectivity index (χ2v) is 4.48. The van der Waals surface area contributed by atoms with Crippen molar-refractivity contribution in [2.75, 3.05) is 19.6 Å². The topological polar surface area (TPSA) is 60.0 Å². The molecule has 5 nitrogen and oxygen atoms in total. The SMILES string of the molecule is CCN(Cc1cn(CCN)nn1)CC(C)C. The molecule has 0 spiro atoms. The van der Waals surface area contributed by atoms with Crippen LogP contribution < -0.4 is 5.73 Å². The number of nitrogens with two attached hydrogens (primary N) is 1. The molecule has 0 saturated heterocycles. The van der Waals surface area contributed by atoms with E-state index in [1.807, 2.05) is 6.20 Å². The first-order valence-corrected chi connectivity index (χ1v) is 5.97. The van der Waals surface area contributed by atoms with Crippen molar-refractivity contribution in [2.45, 2.75) is 33.9 Å². The first-order chi connectivity index (χ1) is 7.65. The first kappa shape index (κ1) is 13.1. The quantitative estimate of drug-likeness (QED) is 0.742. The minimum absolute atomic E-state index is 0.603. The molecule has 0 fully saturated rings. The Balaban J connectivity index is 2.49. The number of hydrogen-bond acceptors (Lipinski definition) is 4. The van der Waals surface area contributed by atoms with Gasteiger partial charge >= 0.3 is 0 Å². The highest BCUT2D eigenvalue weighted by Gasteiger charge is 2.08. The van der Waals surface area contributed by atoms with Gasteiger partial charge in [0.15, 0.2) is 0 Å². The van der Waals surface area contributed by atoms with Crippen LogP contribution >= 0.6 is 0 Å². The second kappa shape index (κ2) is 6.60. The van der Waals surface area contributed by atoms with E-state index in [-0.39, 0.29) is 0 Å². The number of hydrogen-bond donors (Lipinski definition) is 1. The van der Waals surface area contributed by atoms with E-state index in [0.717, 1.165) is 31.9 Å². The van der Waals surface area contributed by atoms with Gasteiger partial charge in [0.05, 0.1) is 12.2 Å². The highest BCUT2D eigenvalue weighted by molar-refractivity contribution is 4.92. The molecule has 1 aromatic heterocycles. The van der Waals surface area contributed by atoms with Crippen molar-refractivity contribution in [3.05, 3.63) is 11.9 Å². The zero-order valence-electron chi connectivity index (χ0n) is 10.6. The number of rotatable bonds is 7. The summed E-state index contributed by atoms with van der Waals surface area (Å²) < 4.78 is 1.80. The second-order valence-electron chi connectivity index (χ2n) is 4.48. The molecule has 0 radical (unpaired) electrons. The third-order valence-electron chi connectivity index (χ3n) is 2.40. The molecule has 0 aliphatic carbocycles. The average molecular weight is 225 g/mol. The molecule has 16 heavy (non-hydrogen) atoms. The average Bonchev–Trinajstić information content (AvgIpc) is 2.64. The molecule has 0 unspecified atom stereocenters. The van der Waals surface area contributed by atoms with Crippen LogP contribution in [0.5, 0.6) is 0 Å². The Morgan fingerprint density at radius 1 is 1.50 bits per heavy atom. The molecular formula is C11H23N5. The van der Waals surface area contributed by atoms with Crippen LogP contribution in [0.15, 0.2) is 6.20 Å². The lowest BCUT2D eigenvalue weighted by molar-refractivity contribution is 0.245. The Labute approximate surface area is 97.6 Å². The lowest BCUT2D eigenvalue weighted by Crippen LogP contribution is -2.27. The monoisotopic (exact) mass is 225 g/mol. The summed E-state index contributed by atoms with van der Waals surface area (Å²) in [6, 6.07) is 0. The van der Waals surface area contributed by atoms with Crippen molar-refractivity contribution in [1.82, 2.24) is 19.9 Å². The van der Waals surface area contributed by atoms with E-state index < -0.39 is 0 Å². The van der Waals surface area contributed by atoms with Crippen molar-refractivity contribution in [2.24, 2.45) is 11.7 Å². The predicted molar refractivity (Wildman–Crippen MR) is 64.9 cm³/mol. The van der Waals surface area contributed by atoms with Crippen LogP contribution in [0.4, 0.5) is 0 Å². The summed E-state index contributed by atoms with van der Waals surface area (Å²) in [6.45, 7) is 11.0. The predicted octanol–water partition coefficient (Wildman–Crippen LogP) is 0.715. The summed E-state index contributed by atoms with van der Waals surface area (Å²) >= 11 is 0. The molecule has 2 N–H and O–H groups in total. The fourth-order valence-corrected chi connectivity index (χ4v) is 1.70. The van der Waals surface area contributed by atoms with Gasteiger partial charge in [0.2, 0.25) is 0 Å². The number of nitrogens with zero attached hydrogens (tertiary/aromatic N) is 4. The van der Waals surface area contributed by atoms with Gasteiger partial charge in [-0.15, -0.1) is 5.10 Å². The van der Waals surface area contributed by atoms with Gasteiger partial charge in [0.25, 0.3) is 0 Å². The summed E-state index contributed by atoms with van der Waals surface area (Å²) in [5.74, 6) is 0.680. The Morgan fingerprint density at radius 3 is 2.81 bits per heavy atom. The van der Waals surface area contributed by atoms with Crippen LogP contribution in [0, 0.1) is 5.92 Å². The third kappa shape index (κ3) is 4.28. The summed E-state index contributed by atoms with van der Waals surface area (Å²) in [4.78, 5) is 2.38. The van der Waals surface area contributed by atoms with E-state index in [4.69, 9.17) is 5.73 Å². The van der Waals surface area contributed by atoms with Crippen LogP contribution in [-0.2, 0) is 13.1 Å². The molecule has 0 aliphatic heterocycles. The van der Waals surface area contributed by atoms with Gasteiger partial charge in [0.1, 0.15) is 0 Å². The van der Waals surface area contributed by atoms with Crippen LogP contribution in [0.25, 0.3) is 0 Å². The van der Waals surface area contributed by atoms with Crippen LogP contribution in [-0.4, -0.2) is 39.5 Å². The van der Waals surface area contributed by atoms with Gasteiger partial charge in [-0.1, -0.05) is 26.0 Å². The molecule has 5 heteroatoms. The van der Waals surface area contributed by atoms with Gasteiger partial charge in [-0.3, -0.25) is 9.58 Å². The Hall–Kier alpha value is -0.940. The minimum Gasteiger partial charge on any atom is -0.329 e. The summed E-state index contributed by atoms with van der Waals surface area (Å²) in [5.41, 5.74) is 6.49. The maximum absolute atomic E-state index is 5.46. The molecule has 92 valence electrons. The van der Waals surface area contributed by atoms with Crippen LogP contribution in [0.2, 0.25) is 0 Å². The molecule has 1 aromatic rings. The van der Waals surface area contributed by atoms with Crippen LogP contribution in [0.3, 0.4) is 0 Å². The molecule has 0 saturated carbocycles. The lowest BCUT2D eigenvalue weighted by Gasteiger charge is -2.20. The largest absolute Gasteiger partial charge is 0.329 e. The Bertz CT molecular complexity index is 294. The molecule has 0 aromatic carbocycles. The first-order valence-electron chi connectivity index (χ1n) is 5.97. The zero-order valence-corrected chi connectivity index (χ0v) is 10.6. The highest BCUT2D eigenvalue weighted by atomic mass is 15.4. The van der Waals surface area contributed by atoms with Gasteiger partial charge < -0.3 is 5.73 Å². The van der Waals surface area contributed by atoms with E-state index in [1.165, 1.54) is 0 Å².